The second-order valence-corrected chi connectivity index (χ2v) is 5.00. The van der Waals surface area contributed by atoms with Crippen molar-refractivity contribution in [1.29, 1.82) is 0 Å². The second-order valence-electron chi connectivity index (χ2n) is 5.00. The fourth-order valence-corrected chi connectivity index (χ4v) is 2.88. The molecule has 0 bridgehead atoms. The number of hydrogen-bond donors (Lipinski definition) is 1. The van der Waals surface area contributed by atoms with Crippen LogP contribution in [0.15, 0.2) is 30.3 Å². The van der Waals surface area contributed by atoms with E-state index in [4.69, 9.17) is 4.74 Å². The van der Waals surface area contributed by atoms with Crippen LogP contribution in [0.3, 0.4) is 0 Å². The van der Waals surface area contributed by atoms with Crippen LogP contribution >= 0.6 is 0 Å². The van der Waals surface area contributed by atoms with Crippen molar-refractivity contribution in [3.63, 3.8) is 0 Å². The SMILES string of the molecule is CCNC(Cc1ccccc1)C(CC)(CC)OCC. The molecule has 1 unspecified atom stereocenters. The summed E-state index contributed by atoms with van der Waals surface area (Å²) in [5, 5.41) is 3.63. The van der Waals surface area contributed by atoms with Crippen molar-refractivity contribution in [1.82, 2.24) is 5.32 Å². The Hall–Kier alpha value is -0.860. The van der Waals surface area contributed by atoms with Crippen molar-refractivity contribution in [2.45, 2.75) is 58.6 Å². The van der Waals surface area contributed by atoms with E-state index in [0.29, 0.717) is 6.04 Å². The Labute approximate surface area is 118 Å². The predicted octanol–water partition coefficient (Wildman–Crippen LogP) is 3.80. The summed E-state index contributed by atoms with van der Waals surface area (Å²) in [5.74, 6) is 0. The number of hydrogen-bond acceptors (Lipinski definition) is 2. The zero-order chi connectivity index (χ0) is 14.1. The normalized spacial score (nSPS) is 13.5. The molecule has 0 aromatic heterocycles. The highest BCUT2D eigenvalue weighted by Gasteiger charge is 2.35. The number of nitrogens with one attached hydrogen (secondary N) is 1. The van der Waals surface area contributed by atoms with Crippen LogP contribution in [0, 0.1) is 0 Å². The summed E-state index contributed by atoms with van der Waals surface area (Å²) in [4.78, 5) is 0. The van der Waals surface area contributed by atoms with Crippen LogP contribution in [-0.4, -0.2) is 24.8 Å². The summed E-state index contributed by atoms with van der Waals surface area (Å²) in [7, 11) is 0. The first kappa shape index (κ1) is 16.2. The average Bonchev–Trinajstić information content (AvgIpc) is 2.46. The Morgan fingerprint density at radius 1 is 1.05 bits per heavy atom. The van der Waals surface area contributed by atoms with E-state index in [-0.39, 0.29) is 5.60 Å². The lowest BCUT2D eigenvalue weighted by Crippen LogP contribution is -2.53. The van der Waals surface area contributed by atoms with Crippen LogP contribution in [0.1, 0.15) is 46.1 Å². The predicted molar refractivity (Wildman–Crippen MR) is 82.5 cm³/mol. The van der Waals surface area contributed by atoms with E-state index in [1.165, 1.54) is 5.56 Å². The molecule has 0 radical (unpaired) electrons. The molecule has 0 spiro atoms. The third-order valence-corrected chi connectivity index (χ3v) is 4.00. The smallest absolute Gasteiger partial charge is 0.0832 e. The van der Waals surface area contributed by atoms with Crippen LogP contribution in [0.2, 0.25) is 0 Å². The lowest BCUT2D eigenvalue weighted by atomic mass is 9.84. The standard InChI is InChI=1S/C17H29NO/c1-5-17(6-2,19-8-4)16(18-7-3)14-15-12-10-9-11-13-15/h9-13,16,18H,5-8,14H2,1-4H3. The average molecular weight is 263 g/mol. The Morgan fingerprint density at radius 2 is 1.68 bits per heavy atom. The molecular weight excluding hydrogens is 234 g/mol. The first-order valence-electron chi connectivity index (χ1n) is 7.63. The monoisotopic (exact) mass is 263 g/mol. The Balaban J connectivity index is 2.90. The van der Waals surface area contributed by atoms with Gasteiger partial charge in [0, 0.05) is 12.6 Å². The quantitative estimate of drug-likeness (QED) is 0.731. The molecule has 0 aliphatic rings. The molecule has 108 valence electrons. The van der Waals surface area contributed by atoms with E-state index in [2.05, 4.69) is 63.3 Å². The van der Waals surface area contributed by atoms with E-state index in [1.807, 2.05) is 0 Å². The van der Waals surface area contributed by atoms with Crippen molar-refractivity contribution in [3.8, 4) is 0 Å². The summed E-state index contributed by atoms with van der Waals surface area (Å²) >= 11 is 0. The summed E-state index contributed by atoms with van der Waals surface area (Å²) in [5.41, 5.74) is 1.32. The van der Waals surface area contributed by atoms with Gasteiger partial charge in [-0.25, -0.2) is 0 Å². The Morgan fingerprint density at radius 3 is 2.16 bits per heavy atom. The molecule has 0 heterocycles. The van der Waals surface area contributed by atoms with Gasteiger partial charge in [-0.3, -0.25) is 0 Å². The molecule has 0 aliphatic carbocycles. The van der Waals surface area contributed by atoms with Gasteiger partial charge in [-0.2, -0.15) is 0 Å². The van der Waals surface area contributed by atoms with Gasteiger partial charge in [-0.05, 0) is 38.3 Å². The molecule has 1 aromatic rings. The van der Waals surface area contributed by atoms with E-state index in [1.54, 1.807) is 0 Å². The highest BCUT2D eigenvalue weighted by atomic mass is 16.5. The molecule has 1 aromatic carbocycles. The molecule has 2 heteroatoms. The minimum Gasteiger partial charge on any atom is -0.374 e. The summed E-state index contributed by atoms with van der Waals surface area (Å²) < 4.78 is 6.15. The Kier molecular flexibility index (Phi) is 7.11. The van der Waals surface area contributed by atoms with Crippen LogP contribution < -0.4 is 5.32 Å². The van der Waals surface area contributed by atoms with E-state index in [0.717, 1.165) is 32.4 Å². The van der Waals surface area contributed by atoms with Gasteiger partial charge in [0.15, 0.2) is 0 Å². The molecule has 1 atom stereocenters. The zero-order valence-corrected chi connectivity index (χ0v) is 12.9. The van der Waals surface area contributed by atoms with Crippen LogP contribution in [-0.2, 0) is 11.2 Å². The summed E-state index contributed by atoms with van der Waals surface area (Å²) in [6, 6.07) is 11.1. The van der Waals surface area contributed by atoms with Crippen LogP contribution in [0.5, 0.6) is 0 Å². The van der Waals surface area contributed by atoms with E-state index < -0.39 is 0 Å². The van der Waals surface area contributed by atoms with Crippen molar-refractivity contribution >= 4 is 0 Å². The maximum Gasteiger partial charge on any atom is 0.0832 e. The zero-order valence-electron chi connectivity index (χ0n) is 12.9. The molecule has 1 rings (SSSR count). The maximum absolute atomic E-state index is 6.15. The third-order valence-electron chi connectivity index (χ3n) is 4.00. The molecule has 1 N–H and O–H groups in total. The highest BCUT2D eigenvalue weighted by molar-refractivity contribution is 5.17. The van der Waals surface area contributed by atoms with Gasteiger partial charge in [0.25, 0.3) is 0 Å². The van der Waals surface area contributed by atoms with Gasteiger partial charge in [0.2, 0.25) is 0 Å². The van der Waals surface area contributed by atoms with Crippen LogP contribution in [0.4, 0.5) is 0 Å². The van der Waals surface area contributed by atoms with Gasteiger partial charge >= 0.3 is 0 Å². The third kappa shape index (κ3) is 4.32. The number of ether oxygens (including phenoxy) is 1. The maximum atomic E-state index is 6.15. The molecule has 0 saturated heterocycles. The highest BCUT2D eigenvalue weighted by Crippen LogP contribution is 2.27. The van der Waals surface area contributed by atoms with Crippen molar-refractivity contribution < 1.29 is 4.74 Å². The van der Waals surface area contributed by atoms with Crippen molar-refractivity contribution in [2.24, 2.45) is 0 Å². The first-order chi connectivity index (χ1) is 9.22. The molecule has 19 heavy (non-hydrogen) atoms. The van der Waals surface area contributed by atoms with Crippen molar-refractivity contribution in [2.75, 3.05) is 13.2 Å². The lowest BCUT2D eigenvalue weighted by Gasteiger charge is -2.40. The lowest BCUT2D eigenvalue weighted by molar-refractivity contribution is -0.0715. The Bertz CT molecular complexity index is 332. The molecule has 0 amide bonds. The molecule has 0 saturated carbocycles. The topological polar surface area (TPSA) is 21.3 Å². The molecule has 0 fully saturated rings. The largest absolute Gasteiger partial charge is 0.374 e. The minimum absolute atomic E-state index is 0.0550. The number of likely N-dealkylation sites (N-methyl/N-ethyl adjacent to an activating group) is 1. The fourth-order valence-electron chi connectivity index (χ4n) is 2.88. The van der Waals surface area contributed by atoms with Gasteiger partial charge in [0.05, 0.1) is 5.60 Å². The van der Waals surface area contributed by atoms with Crippen LogP contribution in [0.25, 0.3) is 0 Å². The van der Waals surface area contributed by atoms with E-state index in [9.17, 15) is 0 Å². The van der Waals surface area contributed by atoms with Gasteiger partial charge in [-0.15, -0.1) is 0 Å². The van der Waals surface area contributed by atoms with Gasteiger partial charge in [-0.1, -0.05) is 51.1 Å². The fraction of sp³-hybridized carbons (Fsp3) is 0.647. The van der Waals surface area contributed by atoms with E-state index >= 15 is 0 Å². The molecule has 0 aliphatic heterocycles. The van der Waals surface area contributed by atoms with Crippen molar-refractivity contribution in [3.05, 3.63) is 35.9 Å². The van der Waals surface area contributed by atoms with Gasteiger partial charge in [0.1, 0.15) is 0 Å². The van der Waals surface area contributed by atoms with Gasteiger partial charge < -0.3 is 10.1 Å². The minimum atomic E-state index is -0.0550. The number of benzene rings is 1. The summed E-state index contributed by atoms with van der Waals surface area (Å²) in [6.45, 7) is 10.5. The molecular formula is C17H29NO. The summed E-state index contributed by atoms with van der Waals surface area (Å²) in [6.07, 6.45) is 3.11. The molecule has 2 nitrogen and oxygen atoms in total. The first-order valence-corrected chi connectivity index (χ1v) is 7.63. The number of rotatable bonds is 9. The second kappa shape index (κ2) is 8.34.